The summed E-state index contributed by atoms with van der Waals surface area (Å²) in [6.07, 6.45) is 1.28. The predicted molar refractivity (Wildman–Crippen MR) is 121 cm³/mol. The predicted octanol–water partition coefficient (Wildman–Crippen LogP) is 3.26. The molecule has 7 nitrogen and oxygen atoms in total. The van der Waals surface area contributed by atoms with Crippen molar-refractivity contribution >= 4 is 33.7 Å². The number of fused-ring (bicyclic) bond motifs is 2. The fraction of sp³-hybridized carbons (Fsp3) is 0.348. The van der Waals surface area contributed by atoms with Gasteiger partial charge in [0.15, 0.2) is 6.61 Å². The van der Waals surface area contributed by atoms with Crippen molar-refractivity contribution in [2.24, 2.45) is 5.73 Å². The average molecular weight is 408 g/mol. The first kappa shape index (κ1) is 21.5. The normalized spacial score (nSPS) is 10.9. The Balaban J connectivity index is 1.61. The van der Waals surface area contributed by atoms with E-state index in [9.17, 15) is 4.79 Å². The molecule has 158 valence electrons. The van der Waals surface area contributed by atoms with Crippen molar-refractivity contribution in [3.8, 4) is 0 Å². The largest absolute Gasteiger partial charge is 0.441 e. The number of amides is 1. The Bertz CT molecular complexity index is 982. The molecule has 3 aromatic rings. The zero-order valence-electron chi connectivity index (χ0n) is 17.6. The van der Waals surface area contributed by atoms with Crippen LogP contribution in [0.3, 0.4) is 0 Å². The van der Waals surface area contributed by atoms with Crippen LogP contribution < -0.4 is 5.73 Å². The highest BCUT2D eigenvalue weighted by molar-refractivity contribution is 5.97. The lowest BCUT2D eigenvalue weighted by atomic mass is 9.98. The van der Waals surface area contributed by atoms with E-state index in [1.807, 2.05) is 48.3 Å². The van der Waals surface area contributed by atoms with Crippen LogP contribution in [0.1, 0.15) is 12.0 Å². The second-order valence-electron chi connectivity index (χ2n) is 7.36. The third-order valence-corrected chi connectivity index (χ3v) is 5.19. The number of hydrogen-bond acceptors (Lipinski definition) is 5. The zero-order chi connectivity index (χ0) is 21.5. The molecule has 0 radical (unpaired) electrons. The Morgan fingerprint density at radius 2 is 1.60 bits per heavy atom. The number of carbonyl (C=O) groups is 1. The van der Waals surface area contributed by atoms with Gasteiger partial charge in [-0.2, -0.15) is 0 Å². The number of aryl methyl sites for hydroxylation is 1. The van der Waals surface area contributed by atoms with Gasteiger partial charge >= 0.3 is 6.09 Å². The molecule has 3 rings (SSSR count). The van der Waals surface area contributed by atoms with Gasteiger partial charge in [0, 0.05) is 44.5 Å². The maximum atomic E-state index is 11.8. The summed E-state index contributed by atoms with van der Waals surface area (Å²) in [4.78, 5) is 19.8. The number of nitrogens with zero attached hydrogens (tertiary/aromatic N) is 3. The molecular weight excluding hydrogens is 378 g/mol. The summed E-state index contributed by atoms with van der Waals surface area (Å²) >= 11 is 0. The Morgan fingerprint density at radius 3 is 2.20 bits per heavy atom. The van der Waals surface area contributed by atoms with Crippen LogP contribution in [0.2, 0.25) is 0 Å². The van der Waals surface area contributed by atoms with E-state index >= 15 is 0 Å². The molecule has 3 N–H and O–H groups in total. The van der Waals surface area contributed by atoms with E-state index in [-0.39, 0.29) is 12.4 Å². The number of ether oxygens (including phenoxy) is 1. The molecule has 0 aliphatic carbocycles. The number of pyridine rings is 1. The molecule has 0 aliphatic heterocycles. The number of rotatable bonds is 8. The van der Waals surface area contributed by atoms with E-state index in [0.717, 1.165) is 23.9 Å². The van der Waals surface area contributed by atoms with Gasteiger partial charge in [0.25, 0.3) is 0 Å². The third-order valence-electron chi connectivity index (χ3n) is 5.19. The van der Waals surface area contributed by atoms with Crippen LogP contribution in [0.5, 0.6) is 0 Å². The van der Waals surface area contributed by atoms with Crippen molar-refractivity contribution in [2.45, 2.75) is 12.8 Å². The van der Waals surface area contributed by atoms with Crippen LogP contribution in [-0.2, 0) is 11.2 Å². The lowest BCUT2D eigenvalue weighted by Crippen LogP contribution is -2.36. The molecule has 7 heteroatoms. The summed E-state index contributed by atoms with van der Waals surface area (Å²) in [7, 11) is 3.48. The summed E-state index contributed by atoms with van der Waals surface area (Å²) in [6, 6.07) is 16.4. The fourth-order valence-electron chi connectivity index (χ4n) is 3.46. The summed E-state index contributed by atoms with van der Waals surface area (Å²) in [5.41, 5.74) is 8.72. The first-order valence-corrected chi connectivity index (χ1v) is 10.1. The van der Waals surface area contributed by atoms with Crippen molar-refractivity contribution in [3.63, 3.8) is 0 Å². The number of nitrogens with one attached hydrogen (secondary N) is 1. The van der Waals surface area contributed by atoms with Crippen LogP contribution in [0.15, 0.2) is 48.5 Å². The van der Waals surface area contributed by atoms with E-state index in [1.165, 1.54) is 21.2 Å². The summed E-state index contributed by atoms with van der Waals surface area (Å²) < 4.78 is 5.18. The van der Waals surface area contributed by atoms with Gasteiger partial charge < -0.3 is 20.3 Å². The van der Waals surface area contributed by atoms with Crippen LogP contribution in [0.25, 0.3) is 21.8 Å². The van der Waals surface area contributed by atoms with Gasteiger partial charge in [0.1, 0.15) is 5.84 Å². The van der Waals surface area contributed by atoms with Crippen LogP contribution in [0.4, 0.5) is 4.79 Å². The molecular formula is C23H29N5O2. The number of aromatic nitrogens is 1. The molecule has 0 bridgehead atoms. The topological polar surface area (TPSA) is 95.5 Å². The second-order valence-corrected chi connectivity index (χ2v) is 7.36. The van der Waals surface area contributed by atoms with E-state index in [1.54, 1.807) is 7.05 Å². The number of amidine groups is 1. The monoisotopic (exact) mass is 407 g/mol. The van der Waals surface area contributed by atoms with Crippen LogP contribution in [0, 0.1) is 5.41 Å². The van der Waals surface area contributed by atoms with E-state index in [0.29, 0.717) is 19.6 Å². The molecule has 0 spiro atoms. The van der Waals surface area contributed by atoms with Gasteiger partial charge in [-0.05, 0) is 30.5 Å². The van der Waals surface area contributed by atoms with Crippen LogP contribution in [-0.4, -0.2) is 67.0 Å². The summed E-state index contributed by atoms with van der Waals surface area (Å²) in [6.45, 7) is 1.45. The van der Waals surface area contributed by atoms with E-state index in [2.05, 4.69) is 12.1 Å². The molecule has 1 amide bonds. The summed E-state index contributed by atoms with van der Waals surface area (Å²) in [5, 5.41) is 10.5. The molecule has 0 fully saturated rings. The highest BCUT2D eigenvalue weighted by Gasteiger charge is 2.13. The molecule has 0 aliphatic rings. The maximum Gasteiger partial charge on any atom is 0.409 e. The Hall–Kier alpha value is -3.19. The third kappa shape index (κ3) is 5.04. The van der Waals surface area contributed by atoms with Crippen molar-refractivity contribution in [2.75, 3.05) is 40.3 Å². The van der Waals surface area contributed by atoms with Gasteiger partial charge in [0.05, 0.1) is 11.0 Å². The molecule has 30 heavy (non-hydrogen) atoms. The van der Waals surface area contributed by atoms with Crippen molar-refractivity contribution in [3.05, 3.63) is 54.1 Å². The molecule has 0 saturated carbocycles. The van der Waals surface area contributed by atoms with Gasteiger partial charge in [-0.15, -0.1) is 0 Å². The Morgan fingerprint density at radius 1 is 1.00 bits per heavy atom. The van der Waals surface area contributed by atoms with E-state index in [4.69, 9.17) is 20.9 Å². The first-order valence-electron chi connectivity index (χ1n) is 10.1. The van der Waals surface area contributed by atoms with Crippen LogP contribution >= 0.6 is 0 Å². The van der Waals surface area contributed by atoms with Gasteiger partial charge in [-0.3, -0.25) is 5.41 Å². The number of carbonyl (C=O) groups excluding carboxylic acids is 1. The minimum absolute atomic E-state index is 0.0502. The lowest BCUT2D eigenvalue weighted by molar-refractivity contribution is 0.123. The number of nitrogens with two attached hydrogens (primary N) is 1. The lowest BCUT2D eigenvalue weighted by Gasteiger charge is -2.21. The SMILES string of the molecule is CN(CCCc1c2ccccc2nc2ccccc12)C(=N)COC(=O)N(C)CCN. The molecule has 0 atom stereocenters. The van der Waals surface area contributed by atoms with Crippen molar-refractivity contribution < 1.29 is 9.53 Å². The molecule has 0 unspecified atom stereocenters. The van der Waals surface area contributed by atoms with E-state index < -0.39 is 6.09 Å². The Labute approximate surface area is 176 Å². The zero-order valence-corrected chi connectivity index (χ0v) is 17.6. The Kier molecular flexibility index (Phi) is 7.19. The van der Waals surface area contributed by atoms with Gasteiger partial charge in [0.2, 0.25) is 0 Å². The van der Waals surface area contributed by atoms with Crippen molar-refractivity contribution in [1.29, 1.82) is 5.41 Å². The summed E-state index contributed by atoms with van der Waals surface area (Å²) in [5.74, 6) is 0.272. The van der Waals surface area contributed by atoms with Crippen molar-refractivity contribution in [1.82, 2.24) is 14.8 Å². The number of hydrogen-bond donors (Lipinski definition) is 2. The molecule has 1 heterocycles. The smallest absolute Gasteiger partial charge is 0.409 e. The molecule has 2 aromatic carbocycles. The minimum atomic E-state index is -0.465. The number of para-hydroxylation sites is 2. The molecule has 1 aromatic heterocycles. The fourth-order valence-corrected chi connectivity index (χ4v) is 3.46. The number of benzene rings is 2. The number of likely N-dealkylation sites (N-methyl/N-ethyl adjacent to an activating group) is 2. The van der Waals surface area contributed by atoms with Gasteiger partial charge in [-0.1, -0.05) is 36.4 Å². The highest BCUT2D eigenvalue weighted by Crippen LogP contribution is 2.27. The quantitative estimate of drug-likeness (QED) is 0.339. The highest BCUT2D eigenvalue weighted by atomic mass is 16.6. The van der Waals surface area contributed by atoms with Gasteiger partial charge in [-0.25, -0.2) is 9.78 Å². The second kappa shape index (κ2) is 10.0. The average Bonchev–Trinajstić information content (AvgIpc) is 2.76. The minimum Gasteiger partial charge on any atom is -0.441 e. The standard InChI is InChI=1S/C23H29N5O2/c1-27(22(25)16-30-23(29)28(2)15-13-24)14-7-10-17-18-8-3-5-11-20(18)26-21-12-6-4-9-19(17)21/h3-6,8-9,11-12,25H,7,10,13-16,24H2,1-2H3. The maximum absolute atomic E-state index is 11.8. The first-order chi connectivity index (χ1) is 14.5. The molecule has 0 saturated heterocycles.